The molecule has 5 nitrogen and oxygen atoms in total. The molecule has 0 atom stereocenters. The Morgan fingerprint density at radius 2 is 1.73 bits per heavy atom. The summed E-state index contributed by atoms with van der Waals surface area (Å²) in [5.74, 6) is 0.228. The highest BCUT2D eigenvalue weighted by Gasteiger charge is 2.11. The Bertz CT molecular complexity index is 927. The number of benzene rings is 2. The number of hydrogen-bond acceptors (Lipinski definition) is 4. The first-order valence-corrected chi connectivity index (χ1v) is 8.44. The number of amides is 1. The number of ether oxygens (including phenoxy) is 1. The van der Waals surface area contributed by atoms with Crippen LogP contribution in [0.25, 0.3) is 0 Å². The monoisotopic (exact) mass is 387 g/mol. The maximum atomic E-state index is 12.5. The van der Waals surface area contributed by atoms with Gasteiger partial charge in [-0.3, -0.25) is 9.78 Å². The normalized spacial score (nSPS) is 10.3. The molecular weight excluding hydrogens is 373 g/mol. The Hall–Kier alpha value is -2.76. The third kappa shape index (κ3) is 4.45. The first kappa shape index (κ1) is 18.0. The smallest absolute Gasteiger partial charge is 0.274 e. The van der Waals surface area contributed by atoms with Crippen molar-refractivity contribution in [3.05, 3.63) is 76.5 Å². The second-order valence-corrected chi connectivity index (χ2v) is 6.24. The van der Waals surface area contributed by atoms with E-state index in [1.807, 2.05) is 12.1 Å². The molecule has 0 aliphatic rings. The fourth-order valence-corrected chi connectivity index (χ4v) is 2.89. The summed E-state index contributed by atoms with van der Waals surface area (Å²) in [6.45, 7) is 0. The molecule has 2 N–H and O–H groups in total. The van der Waals surface area contributed by atoms with E-state index in [0.29, 0.717) is 32.9 Å². The van der Waals surface area contributed by atoms with E-state index in [0.717, 1.165) is 0 Å². The number of nitrogens with zero attached hydrogens (tertiary/aromatic N) is 1. The molecule has 0 aliphatic carbocycles. The third-order valence-corrected chi connectivity index (χ3v) is 3.94. The number of carbonyl (C=O) groups excluding carboxylic acids is 1. The van der Waals surface area contributed by atoms with E-state index in [1.165, 1.54) is 0 Å². The molecule has 0 saturated heterocycles. The van der Waals surface area contributed by atoms with E-state index in [4.69, 9.17) is 27.9 Å². The summed E-state index contributed by atoms with van der Waals surface area (Å²) in [4.78, 5) is 16.6. The topological polar surface area (TPSA) is 63.2 Å². The molecule has 132 valence electrons. The van der Waals surface area contributed by atoms with Crippen molar-refractivity contribution >= 4 is 46.2 Å². The summed E-state index contributed by atoms with van der Waals surface area (Å²) in [5.41, 5.74) is 2.23. The largest absolute Gasteiger partial charge is 0.495 e. The van der Waals surface area contributed by atoms with E-state index in [9.17, 15) is 4.79 Å². The van der Waals surface area contributed by atoms with Crippen molar-refractivity contribution in [2.24, 2.45) is 0 Å². The van der Waals surface area contributed by atoms with Gasteiger partial charge in [-0.15, -0.1) is 0 Å². The number of pyridine rings is 1. The van der Waals surface area contributed by atoms with Crippen LogP contribution < -0.4 is 15.4 Å². The summed E-state index contributed by atoms with van der Waals surface area (Å²) >= 11 is 12.0. The predicted octanol–water partition coefficient (Wildman–Crippen LogP) is 5.39. The second-order valence-electron chi connectivity index (χ2n) is 5.37. The van der Waals surface area contributed by atoms with Crippen LogP contribution in [0.4, 0.5) is 17.1 Å². The van der Waals surface area contributed by atoms with E-state index >= 15 is 0 Å². The lowest BCUT2D eigenvalue weighted by molar-refractivity contribution is 0.102. The molecule has 0 bridgehead atoms. The number of carbonyl (C=O) groups is 1. The van der Waals surface area contributed by atoms with Gasteiger partial charge in [-0.05, 0) is 42.5 Å². The molecule has 0 aliphatic heterocycles. The highest BCUT2D eigenvalue weighted by molar-refractivity contribution is 6.35. The minimum atomic E-state index is -0.345. The van der Waals surface area contributed by atoms with Crippen LogP contribution >= 0.6 is 23.2 Å². The van der Waals surface area contributed by atoms with Gasteiger partial charge in [-0.2, -0.15) is 0 Å². The molecule has 26 heavy (non-hydrogen) atoms. The number of halogens is 2. The fraction of sp³-hybridized carbons (Fsp3) is 0.0526. The van der Waals surface area contributed by atoms with Gasteiger partial charge < -0.3 is 15.4 Å². The molecule has 3 rings (SSSR count). The van der Waals surface area contributed by atoms with Gasteiger partial charge in [0.25, 0.3) is 5.91 Å². The van der Waals surface area contributed by atoms with Crippen LogP contribution in [0.3, 0.4) is 0 Å². The quantitative estimate of drug-likeness (QED) is 0.615. The molecule has 1 aromatic heterocycles. The van der Waals surface area contributed by atoms with Crippen molar-refractivity contribution in [2.45, 2.75) is 0 Å². The van der Waals surface area contributed by atoms with Gasteiger partial charge in [0.1, 0.15) is 11.4 Å². The Labute approximate surface area is 160 Å². The molecule has 1 heterocycles. The fourth-order valence-electron chi connectivity index (χ4n) is 2.36. The Balaban J connectivity index is 1.79. The van der Waals surface area contributed by atoms with Gasteiger partial charge in [0, 0.05) is 27.6 Å². The summed E-state index contributed by atoms with van der Waals surface area (Å²) < 4.78 is 5.23. The van der Waals surface area contributed by atoms with E-state index in [-0.39, 0.29) is 11.6 Å². The van der Waals surface area contributed by atoms with Crippen LogP contribution in [-0.4, -0.2) is 18.0 Å². The average molecular weight is 388 g/mol. The Morgan fingerprint density at radius 1 is 1.00 bits per heavy atom. The SMILES string of the molecule is COc1ccccc1NC(=O)c1cc(Nc2cc(Cl)cc(Cl)c2)ccn1. The first-order valence-electron chi connectivity index (χ1n) is 7.69. The molecule has 0 saturated carbocycles. The van der Waals surface area contributed by atoms with Gasteiger partial charge in [-0.25, -0.2) is 0 Å². The zero-order valence-electron chi connectivity index (χ0n) is 13.8. The summed E-state index contributed by atoms with van der Waals surface area (Å²) in [6.07, 6.45) is 1.55. The number of nitrogens with one attached hydrogen (secondary N) is 2. The number of para-hydroxylation sites is 2. The van der Waals surface area contributed by atoms with Crippen molar-refractivity contribution in [1.82, 2.24) is 4.98 Å². The van der Waals surface area contributed by atoms with Crippen LogP contribution in [-0.2, 0) is 0 Å². The number of rotatable bonds is 5. The van der Waals surface area contributed by atoms with Crippen molar-refractivity contribution in [3.8, 4) is 5.75 Å². The van der Waals surface area contributed by atoms with Crippen LogP contribution in [0, 0.1) is 0 Å². The Kier molecular flexibility index (Phi) is 5.61. The van der Waals surface area contributed by atoms with Gasteiger partial charge in [0.2, 0.25) is 0 Å². The lowest BCUT2D eigenvalue weighted by Gasteiger charge is -2.11. The second kappa shape index (κ2) is 8.08. The van der Waals surface area contributed by atoms with Crippen LogP contribution in [0.15, 0.2) is 60.8 Å². The van der Waals surface area contributed by atoms with Crippen molar-refractivity contribution in [1.29, 1.82) is 0 Å². The molecule has 1 amide bonds. The number of aromatic nitrogens is 1. The van der Waals surface area contributed by atoms with E-state index < -0.39 is 0 Å². The maximum Gasteiger partial charge on any atom is 0.274 e. The lowest BCUT2D eigenvalue weighted by atomic mass is 10.2. The molecule has 3 aromatic rings. The maximum absolute atomic E-state index is 12.5. The number of hydrogen-bond donors (Lipinski definition) is 2. The first-order chi connectivity index (χ1) is 12.5. The van der Waals surface area contributed by atoms with E-state index in [1.54, 1.807) is 55.8 Å². The van der Waals surface area contributed by atoms with Gasteiger partial charge in [0.05, 0.1) is 12.8 Å². The van der Waals surface area contributed by atoms with E-state index in [2.05, 4.69) is 15.6 Å². The van der Waals surface area contributed by atoms with Crippen molar-refractivity contribution in [3.63, 3.8) is 0 Å². The zero-order chi connectivity index (χ0) is 18.5. The number of methoxy groups -OCH3 is 1. The highest BCUT2D eigenvalue weighted by atomic mass is 35.5. The number of anilines is 3. The zero-order valence-corrected chi connectivity index (χ0v) is 15.3. The standard InChI is InChI=1S/C19H15Cl2N3O2/c1-26-18-5-3-2-4-16(18)24-19(25)17-11-14(6-7-22-17)23-15-9-12(20)8-13(21)10-15/h2-11H,1H3,(H,22,23)(H,24,25). The minimum Gasteiger partial charge on any atom is -0.495 e. The average Bonchev–Trinajstić information content (AvgIpc) is 2.61. The Morgan fingerprint density at radius 3 is 2.46 bits per heavy atom. The molecule has 7 heteroatoms. The van der Waals surface area contributed by atoms with Gasteiger partial charge in [-0.1, -0.05) is 35.3 Å². The summed E-state index contributed by atoms with van der Waals surface area (Å²) in [7, 11) is 1.55. The summed E-state index contributed by atoms with van der Waals surface area (Å²) in [6, 6.07) is 15.7. The van der Waals surface area contributed by atoms with Crippen LogP contribution in [0.2, 0.25) is 10.0 Å². The molecule has 0 fully saturated rings. The summed E-state index contributed by atoms with van der Waals surface area (Å²) in [5, 5.41) is 6.98. The highest BCUT2D eigenvalue weighted by Crippen LogP contribution is 2.26. The van der Waals surface area contributed by atoms with Crippen LogP contribution in [0.1, 0.15) is 10.5 Å². The van der Waals surface area contributed by atoms with Crippen molar-refractivity contribution < 1.29 is 9.53 Å². The third-order valence-electron chi connectivity index (χ3n) is 3.50. The molecule has 0 radical (unpaired) electrons. The molecular formula is C19H15Cl2N3O2. The van der Waals surface area contributed by atoms with Crippen LogP contribution in [0.5, 0.6) is 5.75 Å². The lowest BCUT2D eigenvalue weighted by Crippen LogP contribution is -2.14. The molecule has 0 spiro atoms. The van der Waals surface area contributed by atoms with Gasteiger partial charge >= 0.3 is 0 Å². The molecule has 0 unspecified atom stereocenters. The van der Waals surface area contributed by atoms with Gasteiger partial charge in [0.15, 0.2) is 0 Å². The van der Waals surface area contributed by atoms with Crippen molar-refractivity contribution in [2.75, 3.05) is 17.7 Å². The predicted molar refractivity (Wildman–Crippen MR) is 105 cm³/mol. The molecule has 2 aromatic carbocycles. The minimum absolute atomic E-state index is 0.258.